The summed E-state index contributed by atoms with van der Waals surface area (Å²) in [5, 5.41) is 9.38. The van der Waals surface area contributed by atoms with Crippen molar-refractivity contribution in [3.63, 3.8) is 0 Å². The third-order valence-electron chi connectivity index (χ3n) is 2.95. The molecule has 16 heavy (non-hydrogen) atoms. The maximum atomic E-state index is 11.6. The number of nitrogens with zero attached hydrogens (tertiary/aromatic N) is 1. The van der Waals surface area contributed by atoms with Gasteiger partial charge in [0.05, 0.1) is 11.9 Å². The molecular formula is C10H19NO4S. The second-order valence-corrected chi connectivity index (χ2v) is 6.77. The zero-order valence-corrected chi connectivity index (χ0v) is 10.5. The summed E-state index contributed by atoms with van der Waals surface area (Å²) in [6, 6.07) is 0. The first-order chi connectivity index (χ1) is 7.29. The molecule has 5 nitrogen and oxygen atoms in total. The predicted octanol–water partition coefficient (Wildman–Crippen LogP) is -0.350. The number of sulfone groups is 1. The molecule has 2 unspecified atom stereocenters. The van der Waals surface area contributed by atoms with Gasteiger partial charge in [-0.15, -0.1) is 0 Å². The quantitative estimate of drug-likeness (QED) is 0.739. The number of carbonyl (C=O) groups is 1. The Morgan fingerprint density at radius 2 is 2.19 bits per heavy atom. The van der Waals surface area contributed by atoms with Crippen LogP contribution in [-0.4, -0.2) is 55.5 Å². The van der Waals surface area contributed by atoms with Crippen LogP contribution in [0.25, 0.3) is 0 Å². The van der Waals surface area contributed by atoms with Gasteiger partial charge in [-0.25, -0.2) is 8.42 Å². The zero-order chi connectivity index (χ0) is 12.3. The fourth-order valence-corrected chi connectivity index (χ4v) is 2.38. The highest BCUT2D eigenvalue weighted by molar-refractivity contribution is 7.90. The second-order valence-electron chi connectivity index (χ2n) is 4.51. The van der Waals surface area contributed by atoms with Gasteiger partial charge in [0, 0.05) is 31.7 Å². The molecule has 1 N–H and O–H groups in total. The first-order valence-corrected chi connectivity index (χ1v) is 7.49. The minimum atomic E-state index is -3.08. The Morgan fingerprint density at radius 3 is 2.62 bits per heavy atom. The van der Waals surface area contributed by atoms with Crippen molar-refractivity contribution in [1.29, 1.82) is 0 Å². The Hall–Kier alpha value is -0.620. The molecule has 0 aromatic rings. The Kier molecular flexibility index (Phi) is 4.32. The fourth-order valence-electron chi connectivity index (χ4n) is 1.84. The summed E-state index contributed by atoms with van der Waals surface area (Å²) in [6.45, 7) is 2.88. The molecule has 1 amide bonds. The van der Waals surface area contributed by atoms with Crippen LogP contribution < -0.4 is 0 Å². The molecule has 0 radical (unpaired) electrons. The monoisotopic (exact) mass is 249 g/mol. The fraction of sp³-hybridized carbons (Fsp3) is 0.900. The topological polar surface area (TPSA) is 74.7 Å². The molecular weight excluding hydrogens is 230 g/mol. The van der Waals surface area contributed by atoms with Gasteiger partial charge >= 0.3 is 0 Å². The molecule has 6 heteroatoms. The number of likely N-dealkylation sites (tertiary alicyclic amines) is 1. The third kappa shape index (κ3) is 4.09. The SMILES string of the molecule is CC(O)C1CCN(C(=O)CCS(C)(=O)=O)C1. The van der Waals surface area contributed by atoms with Gasteiger partial charge in [0.25, 0.3) is 0 Å². The van der Waals surface area contributed by atoms with Gasteiger partial charge < -0.3 is 10.0 Å². The Labute approximate surface area is 96.4 Å². The maximum Gasteiger partial charge on any atom is 0.223 e. The summed E-state index contributed by atoms with van der Waals surface area (Å²) >= 11 is 0. The summed E-state index contributed by atoms with van der Waals surface area (Å²) in [5.74, 6) is -0.0995. The Bertz CT molecular complexity index is 350. The molecule has 1 aliphatic heterocycles. The summed E-state index contributed by atoms with van der Waals surface area (Å²) in [4.78, 5) is 13.3. The van der Waals surface area contributed by atoms with Crippen LogP contribution in [0.2, 0.25) is 0 Å². The van der Waals surface area contributed by atoms with Crippen molar-refractivity contribution in [2.24, 2.45) is 5.92 Å². The van der Waals surface area contributed by atoms with Crippen molar-refractivity contribution in [1.82, 2.24) is 4.90 Å². The summed E-state index contributed by atoms with van der Waals surface area (Å²) in [6.07, 6.45) is 1.56. The minimum absolute atomic E-state index is 0.0470. The van der Waals surface area contributed by atoms with Crippen LogP contribution >= 0.6 is 0 Å². The molecule has 1 heterocycles. The third-order valence-corrected chi connectivity index (χ3v) is 3.89. The van der Waals surface area contributed by atoms with Crippen molar-refractivity contribution in [3.05, 3.63) is 0 Å². The second kappa shape index (κ2) is 5.14. The van der Waals surface area contributed by atoms with Gasteiger partial charge in [0.2, 0.25) is 5.91 Å². The minimum Gasteiger partial charge on any atom is -0.393 e. The molecule has 2 atom stereocenters. The Morgan fingerprint density at radius 1 is 1.56 bits per heavy atom. The average Bonchev–Trinajstić information content (AvgIpc) is 2.61. The first kappa shape index (κ1) is 13.4. The lowest BCUT2D eigenvalue weighted by Crippen LogP contribution is -2.31. The molecule has 0 aromatic heterocycles. The van der Waals surface area contributed by atoms with Gasteiger partial charge in [-0.1, -0.05) is 0 Å². The molecule has 0 aliphatic carbocycles. The van der Waals surface area contributed by atoms with Crippen LogP contribution in [-0.2, 0) is 14.6 Å². The molecule has 0 saturated carbocycles. The van der Waals surface area contributed by atoms with Gasteiger partial charge in [-0.2, -0.15) is 0 Å². The highest BCUT2D eigenvalue weighted by Crippen LogP contribution is 2.20. The van der Waals surface area contributed by atoms with E-state index in [1.807, 2.05) is 0 Å². The van der Waals surface area contributed by atoms with Crippen LogP contribution in [0.3, 0.4) is 0 Å². The van der Waals surface area contributed by atoms with Gasteiger partial charge in [0.1, 0.15) is 9.84 Å². The van der Waals surface area contributed by atoms with Crippen LogP contribution in [0.5, 0.6) is 0 Å². The normalized spacial score (nSPS) is 23.4. The van der Waals surface area contributed by atoms with E-state index in [9.17, 15) is 18.3 Å². The molecule has 1 rings (SSSR count). The van der Waals surface area contributed by atoms with E-state index in [2.05, 4.69) is 0 Å². The van der Waals surface area contributed by atoms with E-state index in [1.165, 1.54) is 0 Å². The number of amides is 1. The van der Waals surface area contributed by atoms with E-state index < -0.39 is 15.9 Å². The highest BCUT2D eigenvalue weighted by Gasteiger charge is 2.28. The van der Waals surface area contributed by atoms with Crippen LogP contribution in [0, 0.1) is 5.92 Å². The van der Waals surface area contributed by atoms with E-state index in [4.69, 9.17) is 0 Å². The van der Waals surface area contributed by atoms with E-state index in [0.29, 0.717) is 13.1 Å². The van der Waals surface area contributed by atoms with Crippen LogP contribution in [0.15, 0.2) is 0 Å². The molecule has 1 aliphatic rings. The number of aliphatic hydroxyl groups excluding tert-OH is 1. The number of hydrogen-bond donors (Lipinski definition) is 1. The van der Waals surface area contributed by atoms with Crippen molar-refractivity contribution in [2.45, 2.75) is 25.9 Å². The number of hydrogen-bond acceptors (Lipinski definition) is 4. The standard InChI is InChI=1S/C10H19NO4S/c1-8(12)9-3-5-11(7-9)10(13)4-6-16(2,14)15/h8-9,12H,3-7H2,1-2H3. The van der Waals surface area contributed by atoms with Gasteiger partial charge in [-0.05, 0) is 13.3 Å². The van der Waals surface area contributed by atoms with Crippen molar-refractivity contribution < 1.29 is 18.3 Å². The molecule has 1 saturated heterocycles. The average molecular weight is 249 g/mol. The molecule has 1 fully saturated rings. The molecule has 94 valence electrons. The lowest BCUT2D eigenvalue weighted by Gasteiger charge is -2.17. The lowest BCUT2D eigenvalue weighted by molar-refractivity contribution is -0.129. The predicted molar refractivity (Wildman–Crippen MR) is 60.7 cm³/mol. The van der Waals surface area contributed by atoms with Gasteiger partial charge in [-0.3, -0.25) is 4.79 Å². The van der Waals surface area contributed by atoms with Crippen molar-refractivity contribution in [3.8, 4) is 0 Å². The lowest BCUT2D eigenvalue weighted by atomic mass is 10.0. The maximum absolute atomic E-state index is 11.6. The van der Waals surface area contributed by atoms with Crippen molar-refractivity contribution >= 4 is 15.7 Å². The number of rotatable bonds is 4. The van der Waals surface area contributed by atoms with Crippen LogP contribution in [0.1, 0.15) is 19.8 Å². The summed E-state index contributed by atoms with van der Waals surface area (Å²) in [5.41, 5.74) is 0. The molecule has 0 bridgehead atoms. The molecule has 0 spiro atoms. The van der Waals surface area contributed by atoms with E-state index in [-0.39, 0.29) is 24.0 Å². The molecule has 0 aromatic carbocycles. The highest BCUT2D eigenvalue weighted by atomic mass is 32.2. The zero-order valence-electron chi connectivity index (χ0n) is 9.72. The number of carbonyl (C=O) groups excluding carboxylic acids is 1. The van der Waals surface area contributed by atoms with Crippen LogP contribution in [0.4, 0.5) is 0 Å². The van der Waals surface area contributed by atoms with Gasteiger partial charge in [0.15, 0.2) is 0 Å². The summed E-state index contributed by atoms with van der Waals surface area (Å²) in [7, 11) is -3.08. The Balaban J connectivity index is 2.40. The van der Waals surface area contributed by atoms with Crippen molar-refractivity contribution in [2.75, 3.05) is 25.1 Å². The van der Waals surface area contributed by atoms with E-state index in [0.717, 1.165) is 12.7 Å². The smallest absolute Gasteiger partial charge is 0.223 e. The largest absolute Gasteiger partial charge is 0.393 e. The first-order valence-electron chi connectivity index (χ1n) is 5.43. The van der Waals surface area contributed by atoms with E-state index in [1.54, 1.807) is 11.8 Å². The summed E-state index contributed by atoms with van der Waals surface area (Å²) < 4.78 is 21.8. The van der Waals surface area contributed by atoms with E-state index >= 15 is 0 Å². The number of aliphatic hydroxyl groups is 1.